The van der Waals surface area contributed by atoms with E-state index in [-0.39, 0.29) is 0 Å². The van der Waals surface area contributed by atoms with Gasteiger partial charge in [-0.2, -0.15) is 0 Å². The van der Waals surface area contributed by atoms with E-state index in [1.54, 1.807) is 0 Å². The highest BCUT2D eigenvalue weighted by molar-refractivity contribution is 4.95. The van der Waals surface area contributed by atoms with E-state index in [1.807, 2.05) is 6.92 Å². The van der Waals surface area contributed by atoms with Gasteiger partial charge in [-0.05, 0) is 19.8 Å². The summed E-state index contributed by atoms with van der Waals surface area (Å²) in [5.74, 6) is 1.08. The highest BCUT2D eigenvalue weighted by Gasteiger charge is 2.21. The summed E-state index contributed by atoms with van der Waals surface area (Å²) in [5, 5.41) is 13.7. The molecule has 6 nitrogen and oxygen atoms in total. The fraction of sp³-hybridized carbons (Fsp3) is 0.833. The van der Waals surface area contributed by atoms with Crippen LogP contribution in [0.4, 0.5) is 0 Å². The largest absolute Gasteiger partial charge is 0.381 e. The van der Waals surface area contributed by atoms with E-state index in [1.165, 1.54) is 0 Å². The van der Waals surface area contributed by atoms with Crippen molar-refractivity contribution in [3.63, 3.8) is 0 Å². The molecule has 1 atom stereocenters. The Hall–Kier alpha value is -1.30. The minimum atomic E-state index is -0.397. The molecule has 1 rings (SSSR count). The van der Waals surface area contributed by atoms with Crippen LogP contribution < -0.4 is 5.32 Å². The van der Waals surface area contributed by atoms with Gasteiger partial charge in [0.05, 0.1) is 11.5 Å². The van der Waals surface area contributed by atoms with Gasteiger partial charge in [0.25, 0.3) is 6.20 Å². The van der Waals surface area contributed by atoms with Gasteiger partial charge in [-0.15, -0.1) is 0 Å². The SMILES string of the molecule is CCCN(CC1CCOC1)/C(=C/[N+](=O)[O-])NCC. The Morgan fingerprint density at radius 2 is 2.39 bits per heavy atom. The molecule has 1 N–H and O–H groups in total. The molecule has 0 aromatic rings. The number of nitrogens with one attached hydrogen (secondary N) is 1. The third-order valence-corrected chi connectivity index (χ3v) is 2.92. The van der Waals surface area contributed by atoms with Crippen LogP contribution in [-0.4, -0.2) is 42.7 Å². The van der Waals surface area contributed by atoms with Gasteiger partial charge in [0.15, 0.2) is 5.82 Å². The van der Waals surface area contributed by atoms with Crippen LogP contribution in [-0.2, 0) is 4.74 Å². The van der Waals surface area contributed by atoms with Gasteiger partial charge in [-0.3, -0.25) is 10.1 Å². The van der Waals surface area contributed by atoms with Crippen LogP contribution in [0.25, 0.3) is 0 Å². The predicted octanol–water partition coefficient (Wildman–Crippen LogP) is 1.42. The molecule has 1 saturated heterocycles. The summed E-state index contributed by atoms with van der Waals surface area (Å²) in [6.45, 7) is 7.91. The number of nitro groups is 1. The van der Waals surface area contributed by atoms with Crippen LogP contribution in [0.15, 0.2) is 12.0 Å². The molecule has 0 spiro atoms. The van der Waals surface area contributed by atoms with Crippen LogP contribution in [0.1, 0.15) is 26.7 Å². The third kappa shape index (κ3) is 4.91. The Morgan fingerprint density at radius 3 is 2.89 bits per heavy atom. The van der Waals surface area contributed by atoms with Crippen molar-refractivity contribution in [3.8, 4) is 0 Å². The van der Waals surface area contributed by atoms with Gasteiger partial charge in [0.1, 0.15) is 0 Å². The minimum absolute atomic E-state index is 0.397. The van der Waals surface area contributed by atoms with Gasteiger partial charge in [-0.1, -0.05) is 6.92 Å². The molecule has 1 aliphatic heterocycles. The highest BCUT2D eigenvalue weighted by Crippen LogP contribution is 2.16. The number of ether oxygens (including phenoxy) is 1. The normalized spacial score (nSPS) is 19.9. The monoisotopic (exact) mass is 257 g/mol. The molecule has 0 aromatic carbocycles. The number of rotatable bonds is 8. The topological polar surface area (TPSA) is 67.6 Å². The molecule has 0 aliphatic carbocycles. The molecule has 0 aromatic heterocycles. The maximum Gasteiger partial charge on any atom is 0.274 e. The zero-order valence-electron chi connectivity index (χ0n) is 11.2. The minimum Gasteiger partial charge on any atom is -0.381 e. The molecule has 0 amide bonds. The van der Waals surface area contributed by atoms with E-state index in [9.17, 15) is 10.1 Å². The standard InChI is InChI=1S/C12H23N3O3/c1-3-6-14(8-11-5-7-18-10-11)12(13-4-2)9-15(16)17/h9,11,13H,3-8,10H2,1-2H3/b12-9+. The van der Waals surface area contributed by atoms with Gasteiger partial charge in [-0.25, -0.2) is 0 Å². The first kappa shape index (κ1) is 14.8. The zero-order valence-corrected chi connectivity index (χ0v) is 11.2. The Bertz CT molecular complexity index is 288. The molecule has 6 heteroatoms. The number of nitrogens with zero attached hydrogens (tertiary/aromatic N) is 2. The highest BCUT2D eigenvalue weighted by atomic mass is 16.6. The first-order chi connectivity index (χ1) is 8.67. The van der Waals surface area contributed by atoms with Crippen molar-refractivity contribution in [3.05, 3.63) is 22.1 Å². The molecule has 104 valence electrons. The Labute approximate surface area is 108 Å². The maximum atomic E-state index is 10.7. The molecule has 18 heavy (non-hydrogen) atoms. The van der Waals surface area contributed by atoms with E-state index in [2.05, 4.69) is 17.1 Å². The lowest BCUT2D eigenvalue weighted by Gasteiger charge is -2.28. The summed E-state index contributed by atoms with van der Waals surface area (Å²) in [4.78, 5) is 12.3. The second kappa shape index (κ2) is 7.92. The Balaban J connectivity index is 2.68. The summed E-state index contributed by atoms with van der Waals surface area (Å²) in [7, 11) is 0. The lowest BCUT2D eigenvalue weighted by molar-refractivity contribution is -0.404. The summed E-state index contributed by atoms with van der Waals surface area (Å²) in [6, 6.07) is 0. The van der Waals surface area contributed by atoms with Crippen molar-refractivity contribution >= 4 is 0 Å². The molecule has 0 bridgehead atoms. The summed E-state index contributed by atoms with van der Waals surface area (Å²) >= 11 is 0. The molecule has 1 aliphatic rings. The fourth-order valence-electron chi connectivity index (χ4n) is 2.14. The third-order valence-electron chi connectivity index (χ3n) is 2.92. The molecular weight excluding hydrogens is 234 g/mol. The Morgan fingerprint density at radius 1 is 1.61 bits per heavy atom. The molecule has 1 heterocycles. The van der Waals surface area contributed by atoms with E-state index < -0.39 is 4.92 Å². The first-order valence-corrected chi connectivity index (χ1v) is 6.59. The molecular formula is C12H23N3O3. The smallest absolute Gasteiger partial charge is 0.274 e. The van der Waals surface area contributed by atoms with E-state index in [4.69, 9.17) is 4.74 Å². The molecule has 0 saturated carbocycles. The van der Waals surface area contributed by atoms with Crippen molar-refractivity contribution in [2.75, 3.05) is 32.8 Å². The van der Waals surface area contributed by atoms with Crippen molar-refractivity contribution in [1.29, 1.82) is 0 Å². The fourth-order valence-corrected chi connectivity index (χ4v) is 2.14. The average Bonchev–Trinajstić information content (AvgIpc) is 2.80. The van der Waals surface area contributed by atoms with Crippen LogP contribution in [0, 0.1) is 16.0 Å². The van der Waals surface area contributed by atoms with E-state index in [0.717, 1.165) is 45.3 Å². The maximum absolute atomic E-state index is 10.7. The quantitative estimate of drug-likeness (QED) is 0.526. The lowest BCUT2D eigenvalue weighted by atomic mass is 10.1. The van der Waals surface area contributed by atoms with E-state index >= 15 is 0 Å². The van der Waals surface area contributed by atoms with Crippen LogP contribution in [0.5, 0.6) is 0 Å². The lowest BCUT2D eigenvalue weighted by Crippen LogP contribution is -2.36. The molecule has 1 unspecified atom stereocenters. The van der Waals surface area contributed by atoms with Gasteiger partial charge >= 0.3 is 0 Å². The Kier molecular flexibility index (Phi) is 6.49. The first-order valence-electron chi connectivity index (χ1n) is 6.59. The number of hydrogen-bond donors (Lipinski definition) is 1. The summed E-state index contributed by atoms with van der Waals surface area (Å²) in [5.41, 5.74) is 0. The van der Waals surface area contributed by atoms with Gasteiger partial charge < -0.3 is 15.0 Å². The molecule has 1 fully saturated rings. The van der Waals surface area contributed by atoms with Crippen LogP contribution in [0.2, 0.25) is 0 Å². The van der Waals surface area contributed by atoms with E-state index in [0.29, 0.717) is 18.3 Å². The second-order valence-corrected chi connectivity index (χ2v) is 4.51. The van der Waals surface area contributed by atoms with Crippen molar-refractivity contribution < 1.29 is 9.66 Å². The zero-order chi connectivity index (χ0) is 13.4. The second-order valence-electron chi connectivity index (χ2n) is 4.51. The number of hydrogen-bond acceptors (Lipinski definition) is 5. The van der Waals surface area contributed by atoms with Crippen molar-refractivity contribution in [2.24, 2.45) is 5.92 Å². The van der Waals surface area contributed by atoms with Gasteiger partial charge in [0.2, 0.25) is 0 Å². The summed E-state index contributed by atoms with van der Waals surface area (Å²) in [6.07, 6.45) is 3.07. The predicted molar refractivity (Wildman–Crippen MR) is 69.5 cm³/mol. The molecule has 0 radical (unpaired) electrons. The summed E-state index contributed by atoms with van der Waals surface area (Å²) < 4.78 is 5.36. The van der Waals surface area contributed by atoms with Crippen LogP contribution >= 0.6 is 0 Å². The van der Waals surface area contributed by atoms with Crippen molar-refractivity contribution in [2.45, 2.75) is 26.7 Å². The average molecular weight is 257 g/mol. The van der Waals surface area contributed by atoms with Gasteiger partial charge in [0, 0.05) is 32.2 Å². The van der Waals surface area contributed by atoms with Crippen molar-refractivity contribution in [1.82, 2.24) is 10.2 Å². The van der Waals surface area contributed by atoms with Crippen LogP contribution in [0.3, 0.4) is 0 Å².